The Kier molecular flexibility index (Phi) is 5.04. The van der Waals surface area contributed by atoms with E-state index in [1.807, 2.05) is 6.07 Å². The third kappa shape index (κ3) is 3.75. The van der Waals surface area contributed by atoms with Gasteiger partial charge in [0, 0.05) is 12.1 Å². The number of benzene rings is 1. The van der Waals surface area contributed by atoms with Crippen LogP contribution < -0.4 is 4.72 Å². The van der Waals surface area contributed by atoms with Gasteiger partial charge < -0.3 is 9.32 Å². The molecule has 0 unspecified atom stereocenters. The molecule has 1 aliphatic rings. The molecule has 26 heavy (non-hydrogen) atoms. The SMILES string of the molecule is N#CCCN(Cc1ccco1)C(=O)CN=C1NS(=O)(=O)c2ccccc21. The van der Waals surface area contributed by atoms with Crippen molar-refractivity contribution in [3.8, 4) is 6.07 Å². The highest BCUT2D eigenvalue weighted by Gasteiger charge is 2.30. The minimum atomic E-state index is -3.64. The first-order chi connectivity index (χ1) is 12.5. The number of rotatable bonds is 6. The Balaban J connectivity index is 1.76. The molecule has 0 fully saturated rings. The summed E-state index contributed by atoms with van der Waals surface area (Å²) in [6.07, 6.45) is 1.69. The minimum absolute atomic E-state index is 0.142. The van der Waals surface area contributed by atoms with Gasteiger partial charge in [-0.15, -0.1) is 0 Å². The van der Waals surface area contributed by atoms with Crippen molar-refractivity contribution >= 4 is 21.8 Å². The molecule has 134 valence electrons. The standard InChI is InChI=1S/C17H16N4O4S/c18-8-4-9-21(12-13-5-3-10-25-13)16(22)11-19-17-14-6-1-2-7-15(14)26(23,24)20-17/h1-3,5-7,10H,4,9,11-12H2,(H,19,20). The highest BCUT2D eigenvalue weighted by atomic mass is 32.2. The second-order valence-electron chi connectivity index (χ2n) is 5.57. The van der Waals surface area contributed by atoms with Crippen LogP contribution in [0.3, 0.4) is 0 Å². The van der Waals surface area contributed by atoms with Crippen molar-refractivity contribution in [1.82, 2.24) is 9.62 Å². The summed E-state index contributed by atoms with van der Waals surface area (Å²) in [5.74, 6) is 0.413. The van der Waals surface area contributed by atoms with E-state index in [1.165, 1.54) is 17.2 Å². The van der Waals surface area contributed by atoms with E-state index in [2.05, 4.69) is 9.71 Å². The first-order valence-corrected chi connectivity index (χ1v) is 9.33. The molecule has 2 aromatic rings. The molecule has 0 bridgehead atoms. The zero-order valence-corrected chi connectivity index (χ0v) is 14.6. The number of carbonyl (C=O) groups is 1. The Labute approximate surface area is 150 Å². The summed E-state index contributed by atoms with van der Waals surface area (Å²) in [6, 6.07) is 11.9. The van der Waals surface area contributed by atoms with Crippen LogP contribution in [0.15, 0.2) is 57.0 Å². The lowest BCUT2D eigenvalue weighted by molar-refractivity contribution is -0.130. The van der Waals surface area contributed by atoms with Crippen LogP contribution in [0.4, 0.5) is 0 Å². The molecule has 0 saturated carbocycles. The second kappa shape index (κ2) is 7.41. The van der Waals surface area contributed by atoms with Crippen molar-refractivity contribution in [2.24, 2.45) is 4.99 Å². The van der Waals surface area contributed by atoms with Gasteiger partial charge in [0.2, 0.25) is 5.91 Å². The molecule has 3 rings (SSSR count). The lowest BCUT2D eigenvalue weighted by atomic mass is 10.2. The highest BCUT2D eigenvalue weighted by molar-refractivity contribution is 7.90. The molecule has 8 nitrogen and oxygen atoms in total. The molecule has 2 heterocycles. The molecule has 0 atom stereocenters. The van der Waals surface area contributed by atoms with Crippen LogP contribution in [-0.4, -0.2) is 38.2 Å². The normalized spacial score (nSPS) is 15.9. The van der Waals surface area contributed by atoms with Crippen LogP contribution in [-0.2, 0) is 21.4 Å². The molecule has 0 spiro atoms. The van der Waals surface area contributed by atoms with Crippen molar-refractivity contribution < 1.29 is 17.6 Å². The van der Waals surface area contributed by atoms with E-state index in [4.69, 9.17) is 9.68 Å². The third-order valence-corrected chi connectivity index (χ3v) is 5.21. The number of amides is 1. The molecule has 1 aromatic carbocycles. The van der Waals surface area contributed by atoms with E-state index >= 15 is 0 Å². The number of amidine groups is 1. The number of nitrogens with one attached hydrogen (secondary N) is 1. The average molecular weight is 372 g/mol. The third-order valence-electron chi connectivity index (χ3n) is 3.81. The van der Waals surface area contributed by atoms with E-state index in [9.17, 15) is 13.2 Å². The maximum Gasteiger partial charge on any atom is 0.263 e. The van der Waals surface area contributed by atoms with Crippen molar-refractivity contribution in [2.45, 2.75) is 17.9 Å². The van der Waals surface area contributed by atoms with Crippen LogP contribution >= 0.6 is 0 Å². The smallest absolute Gasteiger partial charge is 0.263 e. The summed E-state index contributed by atoms with van der Waals surface area (Å²) in [5, 5.41) is 8.78. The molecular formula is C17H16N4O4S. The van der Waals surface area contributed by atoms with Gasteiger partial charge in [0.25, 0.3) is 10.0 Å². The van der Waals surface area contributed by atoms with E-state index in [0.717, 1.165) is 0 Å². The number of aliphatic imine (C=N–C) groups is 1. The number of nitrogens with zero attached hydrogens (tertiary/aromatic N) is 3. The number of sulfonamides is 1. The predicted molar refractivity (Wildman–Crippen MR) is 92.5 cm³/mol. The number of fused-ring (bicyclic) bond motifs is 1. The Morgan fingerprint density at radius 2 is 2.08 bits per heavy atom. The van der Waals surface area contributed by atoms with Crippen LogP contribution in [0.25, 0.3) is 0 Å². The first-order valence-electron chi connectivity index (χ1n) is 7.85. The molecule has 0 aliphatic carbocycles. The highest BCUT2D eigenvalue weighted by Crippen LogP contribution is 2.22. The minimum Gasteiger partial charge on any atom is -0.467 e. The summed E-state index contributed by atoms with van der Waals surface area (Å²) in [4.78, 5) is 18.2. The lowest BCUT2D eigenvalue weighted by Gasteiger charge is -2.19. The van der Waals surface area contributed by atoms with Gasteiger partial charge in [-0.1, -0.05) is 12.1 Å². The second-order valence-corrected chi connectivity index (χ2v) is 7.22. The number of nitriles is 1. The molecule has 0 saturated heterocycles. The Morgan fingerprint density at radius 1 is 1.27 bits per heavy atom. The fourth-order valence-corrected chi connectivity index (χ4v) is 3.82. The van der Waals surface area contributed by atoms with Gasteiger partial charge in [-0.3, -0.25) is 14.5 Å². The van der Waals surface area contributed by atoms with Crippen molar-refractivity contribution in [3.63, 3.8) is 0 Å². The topological polar surface area (TPSA) is 116 Å². The van der Waals surface area contributed by atoms with Crippen molar-refractivity contribution in [2.75, 3.05) is 13.1 Å². The molecular weight excluding hydrogens is 356 g/mol. The Bertz CT molecular complexity index is 974. The van der Waals surface area contributed by atoms with Gasteiger partial charge in [-0.25, -0.2) is 8.42 Å². The molecule has 1 aliphatic heterocycles. The quantitative estimate of drug-likeness (QED) is 0.819. The Hall–Kier alpha value is -3.12. The molecule has 9 heteroatoms. The van der Waals surface area contributed by atoms with E-state index < -0.39 is 10.0 Å². The largest absolute Gasteiger partial charge is 0.467 e. The summed E-state index contributed by atoms with van der Waals surface area (Å²) in [6.45, 7) is 0.224. The van der Waals surface area contributed by atoms with Crippen LogP contribution in [0.1, 0.15) is 17.7 Å². The van der Waals surface area contributed by atoms with E-state index in [-0.39, 0.29) is 42.7 Å². The van der Waals surface area contributed by atoms with Gasteiger partial charge in [-0.05, 0) is 24.3 Å². The van der Waals surface area contributed by atoms with E-state index in [1.54, 1.807) is 30.3 Å². The van der Waals surface area contributed by atoms with Crippen LogP contribution in [0, 0.1) is 11.3 Å². The number of hydrogen-bond acceptors (Lipinski definition) is 6. The monoisotopic (exact) mass is 372 g/mol. The van der Waals surface area contributed by atoms with Gasteiger partial charge in [0.15, 0.2) is 0 Å². The summed E-state index contributed by atoms with van der Waals surface area (Å²) in [5.41, 5.74) is 0.440. The summed E-state index contributed by atoms with van der Waals surface area (Å²) < 4.78 is 31.7. The zero-order valence-electron chi connectivity index (χ0n) is 13.8. The fourth-order valence-electron chi connectivity index (χ4n) is 2.57. The predicted octanol–water partition coefficient (Wildman–Crippen LogP) is 1.26. The first kappa shape index (κ1) is 17.7. The fraction of sp³-hybridized carbons (Fsp3) is 0.235. The number of hydrogen-bond donors (Lipinski definition) is 1. The summed E-state index contributed by atoms with van der Waals surface area (Å²) in [7, 11) is -3.64. The van der Waals surface area contributed by atoms with Gasteiger partial charge in [-0.2, -0.15) is 5.26 Å². The van der Waals surface area contributed by atoms with Crippen molar-refractivity contribution in [1.29, 1.82) is 5.26 Å². The van der Waals surface area contributed by atoms with Gasteiger partial charge in [0.1, 0.15) is 18.1 Å². The van der Waals surface area contributed by atoms with Crippen LogP contribution in [0.5, 0.6) is 0 Å². The maximum atomic E-state index is 12.5. The lowest BCUT2D eigenvalue weighted by Crippen LogP contribution is -2.34. The van der Waals surface area contributed by atoms with Crippen LogP contribution in [0.2, 0.25) is 0 Å². The zero-order chi connectivity index (χ0) is 18.6. The Morgan fingerprint density at radius 3 is 2.81 bits per heavy atom. The molecule has 1 N–H and O–H groups in total. The van der Waals surface area contributed by atoms with Gasteiger partial charge >= 0.3 is 0 Å². The number of carbonyl (C=O) groups excluding carboxylic acids is 1. The number of furan rings is 1. The summed E-state index contributed by atoms with van der Waals surface area (Å²) >= 11 is 0. The molecule has 1 aromatic heterocycles. The average Bonchev–Trinajstić information content (AvgIpc) is 3.23. The molecule has 1 amide bonds. The van der Waals surface area contributed by atoms with E-state index in [0.29, 0.717) is 11.3 Å². The maximum absolute atomic E-state index is 12.5. The van der Waals surface area contributed by atoms with Gasteiger partial charge in [0.05, 0.1) is 30.2 Å². The molecule has 0 radical (unpaired) electrons. The van der Waals surface area contributed by atoms with Crippen molar-refractivity contribution in [3.05, 3.63) is 54.0 Å².